The minimum atomic E-state index is -1.21. The number of aromatic carboxylic acids is 1. The highest BCUT2D eigenvalue weighted by atomic mass is 127. The Morgan fingerprint density at radius 2 is 0.857 bits per heavy atom. The van der Waals surface area contributed by atoms with E-state index in [0.717, 1.165) is 117 Å². The number of aromatic nitrogens is 4. The molecule has 5 aromatic heterocycles. The van der Waals surface area contributed by atoms with Crippen LogP contribution in [0.15, 0.2) is 130 Å². The Balaban J connectivity index is 0.000000319. The molecule has 1 amide bonds. The summed E-state index contributed by atoms with van der Waals surface area (Å²) in [7, 11) is 2.45. The zero-order valence-electron chi connectivity index (χ0n) is 78.1. The Morgan fingerprint density at radius 3 is 1.26 bits per heavy atom. The quantitative estimate of drug-likeness (QED) is 0.0110. The van der Waals surface area contributed by atoms with E-state index in [1.54, 1.807) is 98.0 Å². The van der Waals surface area contributed by atoms with Crippen molar-refractivity contribution in [1.29, 1.82) is 0 Å². The van der Waals surface area contributed by atoms with Crippen molar-refractivity contribution < 1.29 is 92.7 Å². The lowest BCUT2D eigenvalue weighted by atomic mass is 10.1. The molecule has 7 saturated heterocycles. The Bertz CT molecular complexity index is 4700. The molecule has 32 nitrogen and oxygen atoms in total. The van der Waals surface area contributed by atoms with Crippen molar-refractivity contribution in [3.8, 4) is 0 Å². The summed E-state index contributed by atoms with van der Waals surface area (Å²) in [5.74, 6) is -1.91. The van der Waals surface area contributed by atoms with Crippen molar-refractivity contribution in [3.05, 3.63) is 160 Å². The topological polar surface area (TPSA) is 355 Å². The number of anilines is 1. The van der Waals surface area contributed by atoms with E-state index in [0.29, 0.717) is 99.7 Å². The lowest BCUT2D eigenvalue weighted by molar-refractivity contribution is -0.157. The molecule has 42 heteroatoms. The number of pyridine rings is 4. The van der Waals surface area contributed by atoms with Gasteiger partial charge in [-0.25, -0.2) is 55.3 Å². The van der Waals surface area contributed by atoms with Gasteiger partial charge >= 0.3 is 41.6 Å². The molecule has 7 aliphatic rings. The summed E-state index contributed by atoms with van der Waals surface area (Å²) < 4.78 is 123. The van der Waals surface area contributed by atoms with Gasteiger partial charge in [-0.05, 0) is 245 Å². The number of nitrogens with one attached hydrogen (secondary N) is 2. The number of likely N-dealkylation sites (tertiary alicyclic amines) is 6. The first-order chi connectivity index (χ1) is 63.3. The highest BCUT2D eigenvalue weighted by Crippen LogP contribution is 2.27. The largest absolute Gasteiger partial charge is 0.477 e. The zero-order valence-corrected chi connectivity index (χ0v) is 84.5. The van der Waals surface area contributed by atoms with Crippen LogP contribution in [0, 0.1) is 11.8 Å². The molecule has 0 unspecified atom stereocenters. The predicted molar refractivity (Wildman–Crippen MR) is 524 cm³/mol. The number of esters is 4. The van der Waals surface area contributed by atoms with E-state index in [-0.39, 0.29) is 121 Å². The number of carboxylic acids is 1. The second kappa shape index (κ2) is 62.8. The standard InChI is InChI=1S/C16H24FN3O3.C13H17FN2O3.C12H15FIN3O.C12H15FN2O3.C12H22FNO2.C10H19NO2.C7H12FIN2.C7H6O4.C2H4FI/c1-16(2,3)23-15(22)18-13-5-4-8-20(14(13)21)12-6-9-19(11-12)10-7-17;1-19-13(18)11-3-2-6-16(12(11)17)10-4-7-15(9-10)8-5-14;13-4-7-16-6-3-10(8-16)17-5-1-2-11(12(17)18)15-9-14;13-4-7-14-6-3-9(8-14)15-5-1-2-10(11(15)16)12(17)18;1-12(2,3)16-11(15)8-10-4-6-14(9-10)7-5-13;1-10(2,3)13-9(12)6-8-4-5-11-7-8;8-2-4-11-3-1-7(5-11)10-6-9;1-10-6(8)5-3-2-4-11-7(5)9;3-1-2-4/h4-5,8,12H,6-7,9-11H2,1-3H3,(H,18,22);2-3,6,10H,4-5,7-9H2,1H3;1-2,5,9-10H,3-4,6-8H2;1-2,5,9H,3-4,6-8H2,(H,17,18);10H,4-9H2,1-3H3;8,11H,4-7H2,1-3H3;6-7H,1-5H2;2-4H,1H3;1-2H2/t12-;2*10-;9-;10-;8-;7-;;/m0000110../s1. The molecular formula is C91H134F7I3N14O18. The first-order valence-electron chi connectivity index (χ1n) is 44.3. The summed E-state index contributed by atoms with van der Waals surface area (Å²) in [6.07, 6.45) is 14.7. The van der Waals surface area contributed by atoms with Gasteiger partial charge in [-0.3, -0.25) is 68.0 Å². The van der Waals surface area contributed by atoms with Crippen LogP contribution >= 0.6 is 67.8 Å². The van der Waals surface area contributed by atoms with Gasteiger partial charge in [0.15, 0.2) is 0 Å². The van der Waals surface area contributed by atoms with E-state index in [1.165, 1.54) is 49.3 Å². The maximum atomic E-state index is 12.5. The molecule has 12 rings (SSSR count). The lowest BCUT2D eigenvalue weighted by Crippen LogP contribution is -2.32. The maximum absolute atomic E-state index is 12.5. The highest BCUT2D eigenvalue weighted by Gasteiger charge is 2.32. The van der Waals surface area contributed by atoms with E-state index in [9.17, 15) is 83.5 Å². The number of ether oxygens (including phenoxy) is 5. The first kappa shape index (κ1) is 117. The van der Waals surface area contributed by atoms with Gasteiger partial charge in [-0.1, -0.05) is 22.6 Å². The molecule has 3 N–H and O–H groups in total. The van der Waals surface area contributed by atoms with Gasteiger partial charge < -0.3 is 61.7 Å². The van der Waals surface area contributed by atoms with Gasteiger partial charge in [0.25, 0.3) is 22.2 Å². The fourth-order valence-electron chi connectivity index (χ4n) is 15.2. The number of aliphatic imine (C=N–C) groups is 2. The molecule has 0 bridgehead atoms. The summed E-state index contributed by atoms with van der Waals surface area (Å²) >= 11 is 6.09. The van der Waals surface area contributed by atoms with Crippen LogP contribution in [-0.2, 0) is 33.3 Å². The molecule has 0 spiro atoms. The Morgan fingerprint density at radius 1 is 0.474 bits per heavy atom. The Labute approximate surface area is 814 Å². The number of rotatable bonds is 27. The van der Waals surface area contributed by atoms with Crippen molar-refractivity contribution in [2.24, 2.45) is 21.8 Å². The summed E-state index contributed by atoms with van der Waals surface area (Å²) in [6, 6.07) is 16.0. The van der Waals surface area contributed by atoms with E-state index in [4.69, 9.17) is 19.3 Å². The summed E-state index contributed by atoms with van der Waals surface area (Å²) in [5, 5.41) is 14.6. The zero-order chi connectivity index (χ0) is 98.8. The molecular weight excluding hydrogens is 2090 g/mol. The van der Waals surface area contributed by atoms with E-state index >= 15 is 0 Å². The Hall–Kier alpha value is -7.87. The number of amides is 1. The number of carbonyl (C=O) groups excluding carboxylic acids is 5. The van der Waals surface area contributed by atoms with Crippen LogP contribution in [0.2, 0.25) is 0 Å². The SMILES string of the molecule is CC(C)(C)OC(=O)C[C@H]1CCN(CCF)C1.CC(C)(C)OC(=O)C[C@H]1CCNC1.CC(C)(C)OC(=O)Nc1cccn([C@H]2CCN(CCF)C2)c1=O.COC(=O)c1cccn([C@H]2CCN(CCF)C2)c1=O.COC(=O)c1cccoc1=O.FCCI.FCCN1CC[C@H](N=CI)C1.O=C(O)c1cccn([C@H]2CCN(CCF)C2)c1=O.O=c1c(N=CI)cccn1[C@H]1CCN(CCF)C1. The number of hydrogen-bond donors (Lipinski definition) is 3. The van der Waals surface area contributed by atoms with Crippen molar-refractivity contribution in [2.45, 2.75) is 167 Å². The van der Waals surface area contributed by atoms with E-state index in [1.807, 2.05) is 112 Å². The van der Waals surface area contributed by atoms with Crippen LogP contribution in [-0.4, -0.2) is 316 Å². The van der Waals surface area contributed by atoms with Crippen molar-refractivity contribution >= 4 is 124 Å². The summed E-state index contributed by atoms with van der Waals surface area (Å²) in [5.41, 5.74) is -2.87. The van der Waals surface area contributed by atoms with Crippen molar-refractivity contribution in [1.82, 2.24) is 53.0 Å². The van der Waals surface area contributed by atoms with Crippen molar-refractivity contribution in [3.63, 3.8) is 0 Å². The fourth-order valence-corrected chi connectivity index (χ4v) is 16.0. The van der Waals surface area contributed by atoms with Gasteiger partial charge in [0, 0.05) is 153 Å². The average molecular weight is 2230 g/mol. The molecule has 0 aromatic carbocycles. The smallest absolute Gasteiger partial charge is 0.412 e. The van der Waals surface area contributed by atoms with Crippen LogP contribution in [0.25, 0.3) is 0 Å². The van der Waals surface area contributed by atoms with Gasteiger partial charge in [-0.2, -0.15) is 0 Å². The third-order valence-corrected chi connectivity index (χ3v) is 22.3. The molecule has 0 aliphatic carbocycles. The number of carbonyl (C=O) groups is 6. The second-order valence-electron chi connectivity index (χ2n) is 34.8. The van der Waals surface area contributed by atoms with Gasteiger partial charge in [0.2, 0.25) is 0 Å². The van der Waals surface area contributed by atoms with Gasteiger partial charge in [0.05, 0.1) is 65.8 Å². The summed E-state index contributed by atoms with van der Waals surface area (Å²) in [6.45, 7) is 28.4. The average Bonchev–Trinajstić information content (AvgIpc) is 1.57. The molecule has 5 aromatic rings. The third kappa shape index (κ3) is 44.4. The highest BCUT2D eigenvalue weighted by molar-refractivity contribution is 14.1. The van der Waals surface area contributed by atoms with Crippen LogP contribution in [0.3, 0.4) is 0 Å². The number of carboxylic acid groups (broad SMARTS) is 1. The fraction of sp³-hybridized carbons (Fsp3) is 0.637. The predicted octanol–water partition coefficient (Wildman–Crippen LogP) is 12.8. The number of hydrogen-bond acceptors (Lipinski definition) is 26. The van der Waals surface area contributed by atoms with Crippen LogP contribution in [0.5, 0.6) is 0 Å². The van der Waals surface area contributed by atoms with Crippen molar-refractivity contribution in [2.75, 3.05) is 202 Å². The molecule has 12 heterocycles. The van der Waals surface area contributed by atoms with Gasteiger partial charge in [-0.15, -0.1) is 0 Å². The van der Waals surface area contributed by atoms with Crippen LogP contribution in [0.4, 0.5) is 46.9 Å². The maximum Gasteiger partial charge on any atom is 0.412 e. The normalized spacial score (nSPS) is 19.8. The number of methoxy groups -OCH3 is 2. The minimum absolute atomic E-state index is 0.00515. The number of nitrogens with zero attached hydrogens (tertiary/aromatic N) is 12. The molecule has 7 atom stereocenters. The lowest BCUT2D eigenvalue weighted by Gasteiger charge is -2.20. The van der Waals surface area contributed by atoms with E-state index in [2.05, 4.69) is 66.9 Å². The monoisotopic (exact) mass is 2220 g/mol. The molecule has 133 heavy (non-hydrogen) atoms. The molecule has 746 valence electrons. The molecule has 0 saturated carbocycles. The van der Waals surface area contributed by atoms with Gasteiger partial charge in [0.1, 0.15) is 84.9 Å². The third-order valence-electron chi connectivity index (χ3n) is 21.3. The second-order valence-corrected chi connectivity index (χ2v) is 37.0. The summed E-state index contributed by atoms with van der Waals surface area (Å²) in [4.78, 5) is 148. The molecule has 0 radical (unpaired) electrons. The molecule has 7 aliphatic heterocycles. The number of alkyl halides is 8. The first-order valence-corrected chi connectivity index (χ1v) is 48.3. The van der Waals surface area contributed by atoms with Crippen LogP contribution in [0.1, 0.15) is 175 Å². The Kier molecular flexibility index (Phi) is 55.4. The van der Waals surface area contributed by atoms with E-state index < -0.39 is 53.1 Å². The van der Waals surface area contributed by atoms with Crippen LogP contribution < -0.4 is 38.5 Å². The minimum Gasteiger partial charge on any atom is -0.477 e. The number of halogens is 10. The molecule has 7 fully saturated rings.